The summed E-state index contributed by atoms with van der Waals surface area (Å²) in [6.07, 6.45) is 0. The third-order valence-electron chi connectivity index (χ3n) is 3.26. The van der Waals surface area contributed by atoms with Crippen LogP contribution in [-0.2, 0) is 0 Å². The summed E-state index contributed by atoms with van der Waals surface area (Å²) in [6, 6.07) is 5.51. The van der Waals surface area contributed by atoms with Gasteiger partial charge in [0.1, 0.15) is 28.1 Å². The van der Waals surface area contributed by atoms with Crippen LogP contribution in [0.1, 0.15) is 0 Å². The molecule has 1 heterocycles. The number of benzene rings is 2. The maximum absolute atomic E-state index is 12.4. The molecule has 0 spiro atoms. The van der Waals surface area contributed by atoms with Gasteiger partial charge in [-0.1, -0.05) is 0 Å². The summed E-state index contributed by atoms with van der Waals surface area (Å²) in [6.45, 7) is 0. The lowest BCUT2D eigenvalue weighted by atomic mass is 10.1. The monoisotopic (exact) mass is 288 g/mol. The molecule has 0 fully saturated rings. The van der Waals surface area contributed by atoms with Crippen LogP contribution in [0.4, 0.5) is 0 Å². The van der Waals surface area contributed by atoms with Gasteiger partial charge in [-0.15, -0.1) is 0 Å². The molecule has 0 saturated carbocycles. The van der Waals surface area contributed by atoms with Crippen molar-refractivity contribution >= 4 is 21.9 Å². The van der Waals surface area contributed by atoms with Crippen molar-refractivity contribution in [3.63, 3.8) is 0 Å². The lowest BCUT2D eigenvalue weighted by Crippen LogP contribution is -2.03. The fraction of sp³-hybridized carbons (Fsp3) is 0.133. The van der Waals surface area contributed by atoms with Gasteiger partial charge >= 0.3 is 0 Å². The largest absolute Gasteiger partial charge is 0.507 e. The quantitative estimate of drug-likeness (QED) is 0.704. The number of rotatable bonds is 2. The van der Waals surface area contributed by atoms with Gasteiger partial charge in [-0.2, -0.15) is 0 Å². The van der Waals surface area contributed by atoms with Crippen LogP contribution in [0.25, 0.3) is 21.9 Å². The van der Waals surface area contributed by atoms with Crippen molar-refractivity contribution in [3.8, 4) is 23.0 Å². The van der Waals surface area contributed by atoms with Crippen LogP contribution in [0.5, 0.6) is 23.0 Å². The van der Waals surface area contributed by atoms with Crippen molar-refractivity contribution in [3.05, 3.63) is 34.5 Å². The molecule has 0 aliphatic carbocycles. The van der Waals surface area contributed by atoms with Gasteiger partial charge in [0.05, 0.1) is 19.6 Å². The second-order valence-electron chi connectivity index (χ2n) is 4.47. The van der Waals surface area contributed by atoms with E-state index in [2.05, 4.69) is 0 Å². The highest BCUT2D eigenvalue weighted by molar-refractivity contribution is 5.94. The summed E-state index contributed by atoms with van der Waals surface area (Å²) >= 11 is 0. The molecule has 0 amide bonds. The molecule has 0 saturated heterocycles. The van der Waals surface area contributed by atoms with Crippen molar-refractivity contribution in [2.45, 2.75) is 0 Å². The normalized spacial score (nSPS) is 11.0. The molecular formula is C15H12O6. The molecule has 0 bridgehead atoms. The minimum atomic E-state index is -0.440. The van der Waals surface area contributed by atoms with Crippen LogP contribution < -0.4 is 14.9 Å². The number of ether oxygens (including phenoxy) is 2. The van der Waals surface area contributed by atoms with E-state index in [-0.39, 0.29) is 39.2 Å². The van der Waals surface area contributed by atoms with Crippen molar-refractivity contribution < 1.29 is 24.1 Å². The zero-order chi connectivity index (χ0) is 15.1. The lowest BCUT2D eigenvalue weighted by molar-refractivity contribution is 0.373. The van der Waals surface area contributed by atoms with E-state index in [1.807, 2.05) is 0 Å². The second-order valence-corrected chi connectivity index (χ2v) is 4.47. The maximum Gasteiger partial charge on any atom is 0.204 e. The van der Waals surface area contributed by atoms with E-state index in [1.165, 1.54) is 38.5 Å². The number of phenolic OH excluding ortho intramolecular Hbond substituents is 2. The Labute approximate surface area is 118 Å². The Bertz CT molecular complexity index is 910. The molecular weight excluding hydrogens is 276 g/mol. The smallest absolute Gasteiger partial charge is 0.204 e. The van der Waals surface area contributed by atoms with E-state index in [1.54, 1.807) is 0 Å². The lowest BCUT2D eigenvalue weighted by Gasteiger charge is -2.08. The van der Waals surface area contributed by atoms with E-state index in [9.17, 15) is 15.0 Å². The zero-order valence-corrected chi connectivity index (χ0v) is 11.3. The van der Waals surface area contributed by atoms with Crippen molar-refractivity contribution in [1.29, 1.82) is 0 Å². The number of phenols is 2. The molecule has 0 atom stereocenters. The van der Waals surface area contributed by atoms with Crippen LogP contribution in [0.2, 0.25) is 0 Å². The number of aromatic hydroxyl groups is 2. The molecule has 0 aliphatic rings. The molecule has 0 unspecified atom stereocenters. The molecule has 2 aromatic carbocycles. The molecule has 2 N–H and O–H groups in total. The second kappa shape index (κ2) is 4.59. The minimum Gasteiger partial charge on any atom is -0.507 e. The molecule has 3 rings (SSSR count). The van der Waals surface area contributed by atoms with Gasteiger partial charge in [-0.05, 0) is 6.07 Å². The molecule has 0 aliphatic heterocycles. The average Bonchev–Trinajstić information content (AvgIpc) is 2.47. The van der Waals surface area contributed by atoms with Crippen LogP contribution in [0.15, 0.2) is 33.5 Å². The molecule has 108 valence electrons. The van der Waals surface area contributed by atoms with Gasteiger partial charge in [0.15, 0.2) is 11.5 Å². The fourth-order valence-electron chi connectivity index (χ4n) is 2.23. The van der Waals surface area contributed by atoms with Gasteiger partial charge in [0.2, 0.25) is 5.43 Å². The van der Waals surface area contributed by atoms with Gasteiger partial charge < -0.3 is 24.1 Å². The Hall–Kier alpha value is -2.89. The maximum atomic E-state index is 12.4. The molecule has 3 aromatic rings. The van der Waals surface area contributed by atoms with Crippen LogP contribution in [-0.4, -0.2) is 24.4 Å². The Balaban J connectivity index is 2.49. The summed E-state index contributed by atoms with van der Waals surface area (Å²) in [7, 11) is 2.84. The van der Waals surface area contributed by atoms with E-state index in [4.69, 9.17) is 13.9 Å². The Kier molecular flexibility index (Phi) is 2.86. The van der Waals surface area contributed by atoms with E-state index >= 15 is 0 Å². The van der Waals surface area contributed by atoms with Crippen molar-refractivity contribution in [2.24, 2.45) is 0 Å². The van der Waals surface area contributed by atoms with Gasteiger partial charge in [-0.25, -0.2) is 0 Å². The summed E-state index contributed by atoms with van der Waals surface area (Å²) in [5.41, 5.74) is -0.00347. The summed E-state index contributed by atoms with van der Waals surface area (Å²) in [4.78, 5) is 12.4. The molecule has 6 nitrogen and oxygen atoms in total. The highest BCUT2D eigenvalue weighted by atomic mass is 16.5. The summed E-state index contributed by atoms with van der Waals surface area (Å²) in [5, 5.41) is 19.9. The first-order valence-electron chi connectivity index (χ1n) is 6.09. The van der Waals surface area contributed by atoms with Crippen LogP contribution in [0.3, 0.4) is 0 Å². The van der Waals surface area contributed by atoms with Crippen LogP contribution >= 0.6 is 0 Å². The Morgan fingerprint density at radius 1 is 0.952 bits per heavy atom. The zero-order valence-electron chi connectivity index (χ0n) is 11.3. The Morgan fingerprint density at radius 3 is 2.38 bits per heavy atom. The first kappa shape index (κ1) is 13.1. The third kappa shape index (κ3) is 1.92. The van der Waals surface area contributed by atoms with Crippen molar-refractivity contribution in [2.75, 3.05) is 14.2 Å². The highest BCUT2D eigenvalue weighted by Crippen LogP contribution is 2.34. The number of hydrogen-bond acceptors (Lipinski definition) is 6. The molecule has 21 heavy (non-hydrogen) atoms. The molecule has 0 radical (unpaired) electrons. The van der Waals surface area contributed by atoms with Gasteiger partial charge in [0, 0.05) is 18.2 Å². The predicted octanol–water partition coefficient (Wildman–Crippen LogP) is 2.37. The summed E-state index contributed by atoms with van der Waals surface area (Å²) in [5.74, 6) is 0.144. The van der Waals surface area contributed by atoms with E-state index in [0.29, 0.717) is 5.75 Å². The standard InChI is InChI=1S/C15H12O6/c1-19-7-3-10(17)14-13(4-7)21-11-6-12(20-2)9(16)5-8(11)15(14)18/h3-6,16-17H,1-2H3. The molecule has 1 aromatic heterocycles. The summed E-state index contributed by atoms with van der Waals surface area (Å²) < 4.78 is 15.6. The highest BCUT2D eigenvalue weighted by Gasteiger charge is 2.15. The number of hydrogen-bond donors (Lipinski definition) is 2. The van der Waals surface area contributed by atoms with E-state index in [0.717, 1.165) is 0 Å². The third-order valence-corrected chi connectivity index (χ3v) is 3.26. The fourth-order valence-corrected chi connectivity index (χ4v) is 2.23. The van der Waals surface area contributed by atoms with Gasteiger partial charge in [0.25, 0.3) is 0 Å². The molecule has 6 heteroatoms. The number of fused-ring (bicyclic) bond motifs is 2. The van der Waals surface area contributed by atoms with Gasteiger partial charge in [-0.3, -0.25) is 4.79 Å². The Morgan fingerprint density at radius 2 is 1.71 bits per heavy atom. The average molecular weight is 288 g/mol. The first-order chi connectivity index (χ1) is 10.0. The number of methoxy groups -OCH3 is 2. The van der Waals surface area contributed by atoms with Crippen molar-refractivity contribution in [1.82, 2.24) is 0 Å². The SMILES string of the molecule is COc1cc(O)c2c(=O)c3cc(O)c(OC)cc3oc2c1. The van der Waals surface area contributed by atoms with Crippen LogP contribution in [0, 0.1) is 0 Å². The minimum absolute atomic E-state index is 0.0351. The van der Waals surface area contributed by atoms with E-state index < -0.39 is 5.43 Å². The predicted molar refractivity (Wildman–Crippen MR) is 76.4 cm³/mol. The first-order valence-corrected chi connectivity index (χ1v) is 6.09. The topological polar surface area (TPSA) is 89.1 Å².